The second kappa shape index (κ2) is 6.66. The third-order valence-corrected chi connectivity index (χ3v) is 5.34. The van der Waals surface area contributed by atoms with Gasteiger partial charge in [-0.1, -0.05) is 31.0 Å². The normalized spacial score (nSPS) is 17.3. The Kier molecular flexibility index (Phi) is 4.36. The van der Waals surface area contributed by atoms with E-state index < -0.39 is 0 Å². The Bertz CT molecular complexity index is 765. The van der Waals surface area contributed by atoms with Gasteiger partial charge in [0.1, 0.15) is 0 Å². The highest BCUT2D eigenvalue weighted by Gasteiger charge is 2.36. The number of nitrogens with zero attached hydrogens (tertiary/aromatic N) is 3. The topological polar surface area (TPSA) is 38.1 Å². The molecule has 0 atom stereocenters. The SMILES string of the molecule is CCCc1c(C(=O)N2CCCC2)c(C2CC2)nn1-c1ccc(C)cc1. The maximum Gasteiger partial charge on any atom is 0.257 e. The lowest BCUT2D eigenvalue weighted by Gasteiger charge is -2.17. The molecule has 2 fully saturated rings. The highest BCUT2D eigenvalue weighted by atomic mass is 16.2. The number of aromatic nitrogens is 2. The Hall–Kier alpha value is -2.10. The average Bonchev–Trinajstić information content (AvgIpc) is 3.18. The van der Waals surface area contributed by atoms with Crippen LogP contribution in [0.4, 0.5) is 0 Å². The molecule has 0 radical (unpaired) electrons. The molecule has 1 aromatic carbocycles. The zero-order chi connectivity index (χ0) is 17.4. The van der Waals surface area contributed by atoms with Crippen molar-refractivity contribution in [2.24, 2.45) is 0 Å². The molecule has 25 heavy (non-hydrogen) atoms. The van der Waals surface area contributed by atoms with Gasteiger partial charge in [0.2, 0.25) is 0 Å². The van der Waals surface area contributed by atoms with E-state index in [9.17, 15) is 4.79 Å². The lowest BCUT2D eigenvalue weighted by atomic mass is 10.0. The van der Waals surface area contributed by atoms with E-state index in [1.807, 2.05) is 9.58 Å². The summed E-state index contributed by atoms with van der Waals surface area (Å²) in [4.78, 5) is 15.3. The molecule has 0 bridgehead atoms. The first kappa shape index (κ1) is 16.4. The molecule has 1 saturated heterocycles. The highest BCUT2D eigenvalue weighted by molar-refractivity contribution is 5.97. The first-order valence-corrected chi connectivity index (χ1v) is 9.67. The molecular weight excluding hydrogens is 310 g/mol. The van der Waals surface area contributed by atoms with E-state index in [1.54, 1.807) is 0 Å². The molecule has 1 aliphatic carbocycles. The molecule has 4 nitrogen and oxygen atoms in total. The molecule has 2 heterocycles. The van der Waals surface area contributed by atoms with Crippen LogP contribution in [0.2, 0.25) is 0 Å². The van der Waals surface area contributed by atoms with Gasteiger partial charge in [-0.15, -0.1) is 0 Å². The summed E-state index contributed by atoms with van der Waals surface area (Å²) in [7, 11) is 0. The fourth-order valence-corrected chi connectivity index (χ4v) is 3.79. The van der Waals surface area contributed by atoms with Gasteiger partial charge in [-0.25, -0.2) is 4.68 Å². The van der Waals surface area contributed by atoms with Crippen LogP contribution in [0.25, 0.3) is 5.69 Å². The van der Waals surface area contributed by atoms with Gasteiger partial charge in [-0.3, -0.25) is 4.79 Å². The van der Waals surface area contributed by atoms with E-state index >= 15 is 0 Å². The second-order valence-electron chi connectivity index (χ2n) is 7.48. The van der Waals surface area contributed by atoms with Crippen LogP contribution in [0, 0.1) is 6.92 Å². The lowest BCUT2D eigenvalue weighted by molar-refractivity contribution is 0.0790. The Morgan fingerprint density at radius 1 is 1.16 bits per heavy atom. The highest BCUT2D eigenvalue weighted by Crippen LogP contribution is 2.42. The third kappa shape index (κ3) is 3.10. The molecule has 1 aromatic heterocycles. The zero-order valence-electron chi connectivity index (χ0n) is 15.3. The maximum absolute atomic E-state index is 13.3. The maximum atomic E-state index is 13.3. The zero-order valence-corrected chi connectivity index (χ0v) is 15.3. The molecule has 0 spiro atoms. The first-order valence-electron chi connectivity index (χ1n) is 9.67. The Morgan fingerprint density at radius 2 is 1.84 bits per heavy atom. The molecule has 1 amide bonds. The summed E-state index contributed by atoms with van der Waals surface area (Å²) in [5, 5.41) is 4.95. The van der Waals surface area contributed by atoms with Gasteiger partial charge in [0.25, 0.3) is 5.91 Å². The summed E-state index contributed by atoms with van der Waals surface area (Å²) in [6.45, 7) is 6.06. The van der Waals surface area contributed by atoms with E-state index in [2.05, 4.69) is 38.1 Å². The molecular formula is C21H27N3O. The summed E-state index contributed by atoms with van der Waals surface area (Å²) in [5.41, 5.74) is 5.36. The van der Waals surface area contributed by atoms with Crippen LogP contribution < -0.4 is 0 Å². The Morgan fingerprint density at radius 3 is 2.44 bits per heavy atom. The number of hydrogen-bond acceptors (Lipinski definition) is 2. The van der Waals surface area contributed by atoms with Crippen LogP contribution in [0.15, 0.2) is 24.3 Å². The summed E-state index contributed by atoms with van der Waals surface area (Å²) >= 11 is 0. The number of carbonyl (C=O) groups excluding carboxylic acids is 1. The van der Waals surface area contributed by atoms with Crippen LogP contribution in [0.3, 0.4) is 0 Å². The van der Waals surface area contributed by atoms with Crippen LogP contribution in [0.1, 0.15) is 72.3 Å². The minimum Gasteiger partial charge on any atom is -0.339 e. The van der Waals surface area contributed by atoms with Gasteiger partial charge in [-0.05, 0) is 51.2 Å². The van der Waals surface area contributed by atoms with E-state index in [4.69, 9.17) is 5.10 Å². The van der Waals surface area contributed by atoms with Crippen molar-refractivity contribution in [2.75, 3.05) is 13.1 Å². The largest absolute Gasteiger partial charge is 0.339 e. The van der Waals surface area contributed by atoms with Crippen molar-refractivity contribution in [3.05, 3.63) is 46.8 Å². The van der Waals surface area contributed by atoms with Gasteiger partial charge in [0.05, 0.1) is 22.6 Å². The Balaban J connectivity index is 1.82. The first-order chi connectivity index (χ1) is 12.2. The van der Waals surface area contributed by atoms with Crippen LogP contribution >= 0.6 is 0 Å². The number of rotatable bonds is 5. The van der Waals surface area contributed by atoms with Gasteiger partial charge in [0, 0.05) is 19.0 Å². The Labute approximate surface area is 149 Å². The van der Waals surface area contributed by atoms with Gasteiger partial charge in [-0.2, -0.15) is 5.10 Å². The van der Waals surface area contributed by atoms with Crippen molar-refractivity contribution in [3.8, 4) is 5.69 Å². The van der Waals surface area contributed by atoms with Crippen molar-refractivity contribution < 1.29 is 4.79 Å². The van der Waals surface area contributed by atoms with E-state index in [1.165, 1.54) is 5.56 Å². The number of carbonyl (C=O) groups is 1. The standard InChI is InChI=1S/C21H27N3O/c1-3-6-18-19(21(25)23-13-4-5-14-23)20(16-9-10-16)22-24(18)17-11-7-15(2)8-12-17/h7-8,11-12,16H,3-6,9-10,13-14H2,1-2H3. The predicted molar refractivity (Wildman–Crippen MR) is 99.4 cm³/mol. The van der Waals surface area contributed by atoms with E-state index in [0.29, 0.717) is 5.92 Å². The van der Waals surface area contributed by atoms with Crippen molar-refractivity contribution in [3.63, 3.8) is 0 Å². The third-order valence-electron chi connectivity index (χ3n) is 5.34. The molecule has 0 N–H and O–H groups in total. The number of aryl methyl sites for hydroxylation is 1. The monoisotopic (exact) mass is 337 g/mol. The van der Waals surface area contributed by atoms with Crippen molar-refractivity contribution in [2.45, 2.75) is 58.3 Å². The van der Waals surface area contributed by atoms with Gasteiger partial charge in [0.15, 0.2) is 0 Å². The van der Waals surface area contributed by atoms with Crippen molar-refractivity contribution >= 4 is 5.91 Å². The van der Waals surface area contributed by atoms with Crippen molar-refractivity contribution in [1.29, 1.82) is 0 Å². The summed E-state index contributed by atoms with van der Waals surface area (Å²) in [6.07, 6.45) is 6.48. The molecule has 4 rings (SSSR count). The van der Waals surface area contributed by atoms with Gasteiger partial charge >= 0.3 is 0 Å². The van der Waals surface area contributed by atoms with Crippen molar-refractivity contribution in [1.82, 2.24) is 14.7 Å². The summed E-state index contributed by atoms with van der Waals surface area (Å²) < 4.78 is 2.04. The molecule has 0 unspecified atom stereocenters. The number of benzene rings is 1. The molecule has 132 valence electrons. The average molecular weight is 337 g/mol. The quantitative estimate of drug-likeness (QED) is 0.818. The smallest absolute Gasteiger partial charge is 0.257 e. The van der Waals surface area contributed by atoms with Gasteiger partial charge < -0.3 is 4.90 Å². The molecule has 2 aromatic rings. The number of amides is 1. The fraction of sp³-hybridized carbons (Fsp3) is 0.524. The number of hydrogen-bond donors (Lipinski definition) is 0. The molecule has 2 aliphatic rings. The van der Waals surface area contributed by atoms with Crippen LogP contribution in [-0.4, -0.2) is 33.7 Å². The minimum absolute atomic E-state index is 0.209. The molecule has 4 heteroatoms. The fourth-order valence-electron chi connectivity index (χ4n) is 3.79. The molecule has 1 aliphatic heterocycles. The predicted octanol–water partition coefficient (Wildman–Crippen LogP) is 4.25. The van der Waals surface area contributed by atoms with E-state index in [0.717, 1.165) is 74.3 Å². The second-order valence-corrected chi connectivity index (χ2v) is 7.48. The minimum atomic E-state index is 0.209. The van der Waals surface area contributed by atoms with Crippen LogP contribution in [0.5, 0.6) is 0 Å². The summed E-state index contributed by atoms with van der Waals surface area (Å²) in [5.74, 6) is 0.685. The van der Waals surface area contributed by atoms with E-state index in [-0.39, 0.29) is 5.91 Å². The number of likely N-dealkylation sites (tertiary alicyclic amines) is 1. The lowest BCUT2D eigenvalue weighted by Crippen LogP contribution is -2.29. The summed E-state index contributed by atoms with van der Waals surface area (Å²) in [6, 6.07) is 8.46. The molecule has 1 saturated carbocycles. The van der Waals surface area contributed by atoms with Crippen LogP contribution in [-0.2, 0) is 6.42 Å².